The van der Waals surface area contributed by atoms with Crippen LogP contribution in [-0.4, -0.2) is 17.6 Å². The van der Waals surface area contributed by atoms with Crippen molar-refractivity contribution in [2.75, 3.05) is 10.6 Å². The van der Waals surface area contributed by atoms with Gasteiger partial charge in [-0.2, -0.15) is 0 Å². The molecule has 0 aliphatic heterocycles. The van der Waals surface area contributed by atoms with Gasteiger partial charge in [-0.05, 0) is 55.8 Å². The summed E-state index contributed by atoms with van der Waals surface area (Å²) in [5.74, 6) is -0.607. The number of amides is 2. The Bertz CT molecular complexity index is 1030. The van der Waals surface area contributed by atoms with Crippen molar-refractivity contribution in [2.45, 2.75) is 13.8 Å². The van der Waals surface area contributed by atoms with Crippen LogP contribution in [-0.2, 0) is 0 Å². The first-order valence-electron chi connectivity index (χ1n) is 8.84. The molecule has 5 nitrogen and oxygen atoms in total. The number of hydrogen-bond donors (Lipinski definition) is 2. The normalized spacial score (nSPS) is 10.2. The van der Waals surface area contributed by atoms with Gasteiger partial charge in [-0.1, -0.05) is 36.4 Å². The van der Waals surface area contributed by atoms with E-state index < -0.39 is 0 Å². The van der Waals surface area contributed by atoms with E-state index in [2.05, 4.69) is 10.6 Å². The molecule has 140 valence electrons. The van der Waals surface area contributed by atoms with Crippen LogP contribution < -0.4 is 10.6 Å². The summed E-state index contributed by atoms with van der Waals surface area (Å²) in [5.41, 5.74) is 3.39. The van der Waals surface area contributed by atoms with E-state index in [1.807, 2.05) is 30.3 Å². The monoisotopic (exact) mass is 372 g/mol. The summed E-state index contributed by atoms with van der Waals surface area (Å²) >= 11 is 0. The Morgan fingerprint density at radius 3 is 1.96 bits per heavy atom. The molecule has 28 heavy (non-hydrogen) atoms. The zero-order chi connectivity index (χ0) is 20.1. The maximum atomic E-state index is 12.6. The van der Waals surface area contributed by atoms with Crippen LogP contribution in [0.2, 0.25) is 0 Å². The lowest BCUT2D eigenvalue weighted by Crippen LogP contribution is -2.17. The van der Waals surface area contributed by atoms with E-state index in [4.69, 9.17) is 0 Å². The van der Waals surface area contributed by atoms with Gasteiger partial charge in [0.05, 0.1) is 0 Å². The number of hydrogen-bond acceptors (Lipinski definition) is 3. The molecule has 0 aliphatic rings. The van der Waals surface area contributed by atoms with Crippen LogP contribution in [0.25, 0.3) is 0 Å². The predicted molar refractivity (Wildman–Crippen MR) is 110 cm³/mol. The molecule has 2 amide bonds. The van der Waals surface area contributed by atoms with Crippen LogP contribution >= 0.6 is 0 Å². The van der Waals surface area contributed by atoms with E-state index in [-0.39, 0.29) is 17.6 Å². The first-order chi connectivity index (χ1) is 13.5. The van der Waals surface area contributed by atoms with Crippen molar-refractivity contribution in [3.05, 3.63) is 95.1 Å². The van der Waals surface area contributed by atoms with Crippen molar-refractivity contribution < 1.29 is 14.4 Å². The highest BCUT2D eigenvalue weighted by Crippen LogP contribution is 2.21. The van der Waals surface area contributed by atoms with Gasteiger partial charge in [-0.25, -0.2) is 0 Å². The van der Waals surface area contributed by atoms with Gasteiger partial charge in [-0.3, -0.25) is 14.4 Å². The number of ketones is 1. The van der Waals surface area contributed by atoms with Crippen molar-refractivity contribution >= 4 is 29.0 Å². The standard InChI is InChI=1S/C23H20N2O3/c1-15-20(23(28)24-19-7-4-3-5-8-19)9-6-10-21(15)25-22(27)18-13-11-17(12-14-18)16(2)26/h3-14H,1-2H3,(H,24,28)(H,25,27). The predicted octanol–water partition coefficient (Wildman–Crippen LogP) is 4.70. The maximum Gasteiger partial charge on any atom is 0.256 e. The molecule has 3 aromatic carbocycles. The summed E-state index contributed by atoms with van der Waals surface area (Å²) in [6.07, 6.45) is 0. The van der Waals surface area contributed by atoms with Gasteiger partial charge in [0.1, 0.15) is 0 Å². The summed E-state index contributed by atoms with van der Waals surface area (Å²) in [6, 6.07) is 20.8. The van der Waals surface area contributed by atoms with Gasteiger partial charge >= 0.3 is 0 Å². The van der Waals surface area contributed by atoms with Gasteiger partial charge in [0.15, 0.2) is 5.78 Å². The van der Waals surface area contributed by atoms with E-state index in [9.17, 15) is 14.4 Å². The molecule has 0 saturated carbocycles. The highest BCUT2D eigenvalue weighted by Gasteiger charge is 2.14. The molecule has 0 radical (unpaired) electrons. The fraction of sp³-hybridized carbons (Fsp3) is 0.0870. The average molecular weight is 372 g/mol. The summed E-state index contributed by atoms with van der Waals surface area (Å²) < 4.78 is 0. The Labute approximate surface area is 163 Å². The topological polar surface area (TPSA) is 75.3 Å². The van der Waals surface area contributed by atoms with E-state index >= 15 is 0 Å². The van der Waals surface area contributed by atoms with Crippen molar-refractivity contribution in [3.63, 3.8) is 0 Å². The summed E-state index contributed by atoms with van der Waals surface area (Å²) in [7, 11) is 0. The minimum absolute atomic E-state index is 0.0556. The third-order valence-electron chi connectivity index (χ3n) is 4.41. The van der Waals surface area contributed by atoms with Gasteiger partial charge in [0.25, 0.3) is 11.8 Å². The number of anilines is 2. The fourth-order valence-corrected chi connectivity index (χ4v) is 2.79. The summed E-state index contributed by atoms with van der Waals surface area (Å²) in [5, 5.41) is 5.67. The van der Waals surface area contributed by atoms with Crippen molar-refractivity contribution in [2.24, 2.45) is 0 Å². The molecular weight excluding hydrogens is 352 g/mol. The molecule has 0 fully saturated rings. The van der Waals surface area contributed by atoms with Crippen LogP contribution in [0, 0.1) is 6.92 Å². The zero-order valence-corrected chi connectivity index (χ0v) is 15.7. The van der Waals surface area contributed by atoms with Crippen molar-refractivity contribution in [1.29, 1.82) is 0 Å². The second-order valence-corrected chi connectivity index (χ2v) is 6.39. The second-order valence-electron chi connectivity index (χ2n) is 6.39. The van der Waals surface area contributed by atoms with Crippen molar-refractivity contribution in [3.8, 4) is 0 Å². The molecule has 5 heteroatoms. The molecule has 3 aromatic rings. The number of nitrogens with one attached hydrogen (secondary N) is 2. The van der Waals surface area contributed by atoms with Crippen LogP contribution in [0.15, 0.2) is 72.8 Å². The fourth-order valence-electron chi connectivity index (χ4n) is 2.79. The molecule has 0 spiro atoms. The molecule has 0 bridgehead atoms. The average Bonchev–Trinajstić information content (AvgIpc) is 2.70. The Balaban J connectivity index is 1.77. The first-order valence-corrected chi connectivity index (χ1v) is 8.84. The third kappa shape index (κ3) is 4.32. The van der Waals surface area contributed by atoms with E-state index in [0.717, 1.165) is 0 Å². The second kappa shape index (κ2) is 8.31. The molecule has 0 heterocycles. The van der Waals surface area contributed by atoms with Gasteiger partial charge < -0.3 is 10.6 Å². The Morgan fingerprint density at radius 1 is 0.679 bits per heavy atom. The maximum absolute atomic E-state index is 12.6. The number of carbonyl (C=O) groups is 3. The van der Waals surface area contributed by atoms with Crippen LogP contribution in [0.5, 0.6) is 0 Å². The molecule has 0 atom stereocenters. The van der Waals surface area contributed by atoms with E-state index in [0.29, 0.717) is 33.6 Å². The third-order valence-corrected chi connectivity index (χ3v) is 4.41. The molecular formula is C23H20N2O3. The first kappa shape index (κ1) is 19.0. The number of rotatable bonds is 5. The summed E-state index contributed by atoms with van der Waals surface area (Å²) in [6.45, 7) is 3.26. The van der Waals surface area contributed by atoms with Gasteiger partial charge in [0, 0.05) is 28.1 Å². The largest absolute Gasteiger partial charge is 0.322 e. The van der Waals surface area contributed by atoms with Crippen LogP contribution in [0.4, 0.5) is 11.4 Å². The van der Waals surface area contributed by atoms with Crippen LogP contribution in [0.1, 0.15) is 43.6 Å². The Hall–Kier alpha value is -3.73. The lowest BCUT2D eigenvalue weighted by atomic mass is 10.0. The number of para-hydroxylation sites is 1. The highest BCUT2D eigenvalue weighted by molar-refractivity contribution is 6.09. The minimum Gasteiger partial charge on any atom is -0.322 e. The van der Waals surface area contributed by atoms with E-state index in [1.165, 1.54) is 6.92 Å². The molecule has 2 N–H and O–H groups in total. The summed E-state index contributed by atoms with van der Waals surface area (Å²) in [4.78, 5) is 36.5. The molecule has 0 aliphatic carbocycles. The quantitative estimate of drug-likeness (QED) is 0.637. The van der Waals surface area contributed by atoms with Crippen LogP contribution in [0.3, 0.4) is 0 Å². The number of Topliss-reactive ketones (excluding diaryl/α,β-unsaturated/α-hetero) is 1. The van der Waals surface area contributed by atoms with Crippen molar-refractivity contribution in [1.82, 2.24) is 0 Å². The molecule has 3 rings (SSSR count). The Kier molecular flexibility index (Phi) is 5.65. The smallest absolute Gasteiger partial charge is 0.256 e. The lowest BCUT2D eigenvalue weighted by Gasteiger charge is -2.13. The zero-order valence-electron chi connectivity index (χ0n) is 15.7. The van der Waals surface area contributed by atoms with Gasteiger partial charge in [0.2, 0.25) is 0 Å². The molecule has 0 saturated heterocycles. The highest BCUT2D eigenvalue weighted by atomic mass is 16.2. The van der Waals surface area contributed by atoms with Gasteiger partial charge in [-0.15, -0.1) is 0 Å². The SMILES string of the molecule is CC(=O)c1ccc(C(=O)Nc2cccc(C(=O)Nc3ccccc3)c2C)cc1. The van der Waals surface area contributed by atoms with E-state index in [1.54, 1.807) is 49.4 Å². The Morgan fingerprint density at radius 2 is 1.32 bits per heavy atom. The molecule has 0 unspecified atom stereocenters. The molecule has 0 aromatic heterocycles. The number of carbonyl (C=O) groups excluding carboxylic acids is 3. The lowest BCUT2D eigenvalue weighted by molar-refractivity contribution is 0.100. The minimum atomic E-state index is -0.307. The number of benzene rings is 3.